The minimum atomic E-state index is -3.29. The molecule has 1 amide bonds. The number of carbonyl (C=O) groups is 1. The fourth-order valence-corrected chi connectivity index (χ4v) is 4.52. The molecular weight excluding hydrogens is 364 g/mol. The van der Waals surface area contributed by atoms with E-state index in [9.17, 15) is 13.2 Å². The fourth-order valence-electron chi connectivity index (χ4n) is 3.23. The van der Waals surface area contributed by atoms with Gasteiger partial charge in [-0.05, 0) is 35.4 Å². The summed E-state index contributed by atoms with van der Waals surface area (Å²) in [6, 6.07) is 9.36. The van der Waals surface area contributed by atoms with E-state index in [-0.39, 0.29) is 11.7 Å². The summed E-state index contributed by atoms with van der Waals surface area (Å²) < 4.78 is 25.6. The zero-order valence-corrected chi connectivity index (χ0v) is 15.7. The second-order valence-electron chi connectivity index (χ2n) is 6.54. The number of nitrogens with one attached hydrogen (secondary N) is 1. The molecule has 1 aliphatic rings. The number of pyridine rings is 2. The molecule has 0 spiro atoms. The smallest absolute Gasteiger partial charge is 0.239 e. The Kier molecular flexibility index (Phi) is 4.07. The lowest BCUT2D eigenvalue weighted by molar-refractivity contribution is -0.119. The van der Waals surface area contributed by atoms with Gasteiger partial charge in [0.1, 0.15) is 0 Å². The van der Waals surface area contributed by atoms with E-state index in [1.807, 2.05) is 30.3 Å². The number of carbonyl (C=O) groups excluding carboxylic acids is 1. The molecule has 1 aromatic carbocycles. The van der Waals surface area contributed by atoms with E-state index in [1.165, 1.54) is 11.2 Å². The molecule has 1 N–H and O–H groups in total. The molecule has 3 heterocycles. The number of benzene rings is 1. The van der Waals surface area contributed by atoms with Crippen molar-refractivity contribution in [1.82, 2.24) is 15.3 Å². The Labute approximate surface area is 157 Å². The molecule has 0 bridgehead atoms. The summed E-state index contributed by atoms with van der Waals surface area (Å²) in [4.78, 5) is 20.1. The van der Waals surface area contributed by atoms with Crippen LogP contribution in [0.1, 0.15) is 18.2 Å². The molecule has 0 fully saturated rings. The van der Waals surface area contributed by atoms with Crippen LogP contribution < -0.4 is 9.62 Å². The molecule has 27 heavy (non-hydrogen) atoms. The van der Waals surface area contributed by atoms with Crippen molar-refractivity contribution >= 4 is 32.5 Å². The van der Waals surface area contributed by atoms with Crippen LogP contribution in [0, 0.1) is 0 Å². The minimum Gasteiger partial charge on any atom is -0.351 e. The zero-order valence-electron chi connectivity index (χ0n) is 14.9. The maximum atomic E-state index is 12.1. The Hall–Kier alpha value is -3.00. The molecule has 0 saturated carbocycles. The third kappa shape index (κ3) is 3.12. The van der Waals surface area contributed by atoms with E-state index < -0.39 is 10.0 Å². The summed E-state index contributed by atoms with van der Waals surface area (Å²) >= 11 is 0. The van der Waals surface area contributed by atoms with Gasteiger partial charge in [0.2, 0.25) is 15.9 Å². The largest absolute Gasteiger partial charge is 0.351 e. The Morgan fingerprint density at radius 2 is 2.04 bits per heavy atom. The van der Waals surface area contributed by atoms with Gasteiger partial charge in [-0.25, -0.2) is 8.42 Å². The predicted octanol–water partition coefficient (Wildman–Crippen LogP) is 2.21. The van der Waals surface area contributed by atoms with E-state index in [0.717, 1.165) is 33.3 Å². The molecule has 0 aliphatic carbocycles. The fraction of sp³-hybridized carbons (Fsp3) is 0.211. The Morgan fingerprint density at radius 3 is 2.81 bits per heavy atom. The van der Waals surface area contributed by atoms with Gasteiger partial charge in [0, 0.05) is 37.3 Å². The number of hydrogen-bond donors (Lipinski definition) is 1. The van der Waals surface area contributed by atoms with Crippen molar-refractivity contribution in [2.75, 3.05) is 11.4 Å². The van der Waals surface area contributed by atoms with Gasteiger partial charge in [-0.2, -0.15) is 0 Å². The maximum Gasteiger partial charge on any atom is 0.239 e. The highest BCUT2D eigenvalue weighted by molar-refractivity contribution is 7.92. The lowest BCUT2D eigenvalue weighted by Crippen LogP contribution is -2.20. The molecule has 8 heteroatoms. The van der Waals surface area contributed by atoms with E-state index in [2.05, 4.69) is 15.3 Å². The molecule has 2 aromatic heterocycles. The number of sulfonamides is 1. The first-order valence-corrected chi connectivity index (χ1v) is 10.0. The molecule has 1 aliphatic heterocycles. The van der Waals surface area contributed by atoms with Crippen molar-refractivity contribution in [1.29, 1.82) is 0 Å². The van der Waals surface area contributed by atoms with Crippen LogP contribution >= 0.6 is 0 Å². The lowest BCUT2D eigenvalue weighted by atomic mass is 10.0. The van der Waals surface area contributed by atoms with Crippen molar-refractivity contribution < 1.29 is 13.2 Å². The van der Waals surface area contributed by atoms with E-state index in [4.69, 9.17) is 0 Å². The predicted molar refractivity (Wildman–Crippen MR) is 104 cm³/mol. The van der Waals surface area contributed by atoms with Crippen molar-refractivity contribution in [2.45, 2.75) is 19.2 Å². The molecule has 0 atom stereocenters. The van der Waals surface area contributed by atoms with Crippen molar-refractivity contribution in [2.24, 2.45) is 0 Å². The highest BCUT2D eigenvalue weighted by atomic mass is 32.2. The monoisotopic (exact) mass is 382 g/mol. The number of fused-ring (bicyclic) bond motifs is 2. The average Bonchev–Trinajstić information content (AvgIpc) is 2.87. The molecule has 3 aromatic rings. The van der Waals surface area contributed by atoms with Crippen LogP contribution in [0.4, 0.5) is 5.69 Å². The van der Waals surface area contributed by atoms with Crippen molar-refractivity contribution in [3.63, 3.8) is 0 Å². The van der Waals surface area contributed by atoms with E-state index >= 15 is 0 Å². The van der Waals surface area contributed by atoms with Gasteiger partial charge < -0.3 is 5.32 Å². The molecule has 0 unspecified atom stereocenters. The first-order valence-electron chi connectivity index (χ1n) is 8.43. The van der Waals surface area contributed by atoms with Crippen LogP contribution in [-0.4, -0.2) is 31.3 Å². The van der Waals surface area contributed by atoms with Gasteiger partial charge in [-0.3, -0.25) is 19.1 Å². The number of rotatable bonds is 3. The molecule has 138 valence electrons. The summed E-state index contributed by atoms with van der Waals surface area (Å²) in [5.74, 6) is -0.123. The van der Waals surface area contributed by atoms with Crippen LogP contribution in [0.15, 0.2) is 42.7 Å². The Morgan fingerprint density at radius 1 is 1.22 bits per heavy atom. The summed E-state index contributed by atoms with van der Waals surface area (Å²) in [7, 11) is -1.72. The summed E-state index contributed by atoms with van der Waals surface area (Å²) in [5, 5.41) is 3.62. The number of nitrogens with zero attached hydrogens (tertiary/aromatic N) is 3. The molecule has 0 saturated heterocycles. The quantitative estimate of drug-likeness (QED) is 0.750. The average molecular weight is 382 g/mol. The second-order valence-corrected chi connectivity index (χ2v) is 8.54. The van der Waals surface area contributed by atoms with Crippen LogP contribution in [0.2, 0.25) is 0 Å². The SMILES string of the molecule is CC(=O)NCc1ccc2cncc(-c3ccc4c(c3)CS(=O)(=O)N4C)c2n1. The van der Waals surface area contributed by atoms with E-state index in [1.54, 1.807) is 19.4 Å². The van der Waals surface area contributed by atoms with Crippen LogP contribution in [0.25, 0.3) is 22.0 Å². The van der Waals surface area contributed by atoms with Gasteiger partial charge in [-0.15, -0.1) is 0 Å². The molecule has 0 radical (unpaired) electrons. The summed E-state index contributed by atoms with van der Waals surface area (Å²) in [5.41, 5.74) is 4.66. The normalized spacial score (nSPS) is 15.0. The number of amides is 1. The molecular formula is C19H18N4O3S. The first-order chi connectivity index (χ1) is 12.8. The lowest BCUT2D eigenvalue weighted by Gasteiger charge is -2.12. The van der Waals surface area contributed by atoms with Crippen LogP contribution in [0.5, 0.6) is 0 Å². The Balaban J connectivity index is 1.80. The minimum absolute atomic E-state index is 0.00786. The molecule has 4 rings (SSSR count). The highest BCUT2D eigenvalue weighted by Gasteiger charge is 2.30. The van der Waals surface area contributed by atoms with Gasteiger partial charge in [-0.1, -0.05) is 6.07 Å². The third-order valence-electron chi connectivity index (χ3n) is 4.66. The Bertz CT molecular complexity index is 1170. The second kappa shape index (κ2) is 6.31. The first kappa shape index (κ1) is 17.4. The number of aromatic nitrogens is 2. The summed E-state index contributed by atoms with van der Waals surface area (Å²) in [6.45, 7) is 1.81. The van der Waals surface area contributed by atoms with Crippen molar-refractivity contribution in [3.8, 4) is 11.1 Å². The van der Waals surface area contributed by atoms with Crippen molar-refractivity contribution in [3.05, 3.63) is 54.0 Å². The van der Waals surface area contributed by atoms with Crippen LogP contribution in [-0.2, 0) is 27.1 Å². The maximum absolute atomic E-state index is 12.1. The third-order valence-corrected chi connectivity index (χ3v) is 6.37. The summed E-state index contributed by atoms with van der Waals surface area (Å²) in [6.07, 6.45) is 3.46. The molecule has 7 nitrogen and oxygen atoms in total. The van der Waals surface area contributed by atoms with E-state index in [0.29, 0.717) is 12.2 Å². The van der Waals surface area contributed by atoms with Gasteiger partial charge in [0.15, 0.2) is 0 Å². The standard InChI is InChI=1S/C19H18N4O3S/c1-12(24)21-9-16-5-3-14-8-20-10-17(19(14)22-16)13-4-6-18-15(7-13)11-27(25,26)23(18)2/h3-8,10H,9,11H2,1-2H3,(H,21,24). The number of hydrogen-bond acceptors (Lipinski definition) is 5. The van der Waals surface area contributed by atoms with Gasteiger partial charge >= 0.3 is 0 Å². The van der Waals surface area contributed by atoms with Gasteiger partial charge in [0.05, 0.1) is 29.2 Å². The zero-order chi connectivity index (χ0) is 19.2. The number of anilines is 1. The van der Waals surface area contributed by atoms with Crippen LogP contribution in [0.3, 0.4) is 0 Å². The van der Waals surface area contributed by atoms with Gasteiger partial charge in [0.25, 0.3) is 0 Å². The highest BCUT2D eigenvalue weighted by Crippen LogP contribution is 2.36. The topological polar surface area (TPSA) is 92.3 Å².